The van der Waals surface area contributed by atoms with Crippen LogP contribution in [0.2, 0.25) is 0 Å². The quantitative estimate of drug-likeness (QED) is 0.618. The van der Waals surface area contributed by atoms with Crippen molar-refractivity contribution in [2.45, 2.75) is 57.8 Å². The van der Waals surface area contributed by atoms with E-state index < -0.39 is 0 Å². The van der Waals surface area contributed by atoms with Gasteiger partial charge in [0.25, 0.3) is 0 Å². The third-order valence-corrected chi connectivity index (χ3v) is 5.02. The molecule has 0 bridgehead atoms. The first-order chi connectivity index (χ1) is 7.93. The summed E-state index contributed by atoms with van der Waals surface area (Å²) in [5, 5.41) is 0. The number of hydrogen-bond donors (Lipinski definition) is 0. The molecule has 2 saturated carbocycles. The zero-order valence-corrected chi connectivity index (χ0v) is 10.3. The van der Waals surface area contributed by atoms with E-state index in [-0.39, 0.29) is 0 Å². The van der Waals surface area contributed by atoms with Crippen LogP contribution in [0, 0.1) is 17.8 Å². The van der Waals surface area contributed by atoms with Gasteiger partial charge in [-0.15, -0.1) is 0 Å². The van der Waals surface area contributed by atoms with Gasteiger partial charge >= 0.3 is 0 Å². The number of hydrogen-bond acceptors (Lipinski definition) is 0. The van der Waals surface area contributed by atoms with Crippen molar-refractivity contribution in [3.05, 3.63) is 23.8 Å². The van der Waals surface area contributed by atoms with Gasteiger partial charge in [-0.1, -0.05) is 49.5 Å². The summed E-state index contributed by atoms with van der Waals surface area (Å²) in [6, 6.07) is 0. The predicted molar refractivity (Wildman–Crippen MR) is 69.2 cm³/mol. The molecule has 0 heteroatoms. The van der Waals surface area contributed by atoms with Crippen molar-refractivity contribution >= 4 is 0 Å². The molecule has 1 unspecified atom stereocenters. The average Bonchev–Trinajstić information content (AvgIpc) is 3.03. The molecule has 0 amide bonds. The molecule has 1 atom stereocenters. The highest BCUT2D eigenvalue weighted by Crippen LogP contribution is 2.41. The summed E-state index contributed by atoms with van der Waals surface area (Å²) in [6.45, 7) is 0. The minimum absolute atomic E-state index is 0.892. The van der Waals surface area contributed by atoms with Crippen LogP contribution in [-0.2, 0) is 0 Å². The summed E-state index contributed by atoms with van der Waals surface area (Å²) >= 11 is 0. The van der Waals surface area contributed by atoms with Crippen LogP contribution in [0.25, 0.3) is 0 Å². The van der Waals surface area contributed by atoms with Crippen molar-refractivity contribution in [3.8, 4) is 0 Å². The molecular formula is C16H24. The molecule has 0 N–H and O–H groups in total. The van der Waals surface area contributed by atoms with Crippen molar-refractivity contribution in [1.29, 1.82) is 0 Å². The summed E-state index contributed by atoms with van der Waals surface area (Å²) in [6.07, 6.45) is 20.5. The fraction of sp³-hybridized carbons (Fsp3) is 0.750. The maximum atomic E-state index is 2.49. The molecular weight excluding hydrogens is 192 g/mol. The molecule has 0 nitrogen and oxygen atoms in total. The third-order valence-electron chi connectivity index (χ3n) is 5.02. The summed E-state index contributed by atoms with van der Waals surface area (Å²) in [7, 11) is 0. The maximum Gasteiger partial charge on any atom is -0.0165 e. The molecule has 0 heterocycles. The average molecular weight is 216 g/mol. The molecule has 88 valence electrons. The first-order valence-electron chi connectivity index (χ1n) is 7.31. The number of rotatable bonds is 2. The monoisotopic (exact) mass is 216 g/mol. The van der Waals surface area contributed by atoms with Crippen LogP contribution in [0.4, 0.5) is 0 Å². The molecule has 3 rings (SSSR count). The second kappa shape index (κ2) is 4.77. The lowest BCUT2D eigenvalue weighted by molar-refractivity contribution is 0.385. The normalized spacial score (nSPS) is 32.2. The van der Waals surface area contributed by atoms with Gasteiger partial charge in [-0.3, -0.25) is 0 Å². The highest BCUT2D eigenvalue weighted by Gasteiger charge is 2.28. The molecule has 0 saturated heterocycles. The molecule has 3 aliphatic carbocycles. The highest BCUT2D eigenvalue weighted by molar-refractivity contribution is 5.23. The second-order valence-electron chi connectivity index (χ2n) is 6.02. The molecule has 0 spiro atoms. The third kappa shape index (κ3) is 2.12. The Morgan fingerprint density at radius 2 is 1.56 bits per heavy atom. The van der Waals surface area contributed by atoms with Crippen LogP contribution >= 0.6 is 0 Å². The van der Waals surface area contributed by atoms with Crippen LogP contribution < -0.4 is 0 Å². The van der Waals surface area contributed by atoms with Gasteiger partial charge in [-0.25, -0.2) is 0 Å². The zero-order chi connectivity index (χ0) is 10.8. The van der Waals surface area contributed by atoms with Crippen molar-refractivity contribution < 1.29 is 0 Å². The van der Waals surface area contributed by atoms with E-state index in [1.807, 2.05) is 0 Å². The Kier molecular flexibility index (Phi) is 3.17. The van der Waals surface area contributed by atoms with Gasteiger partial charge in [-0.2, -0.15) is 0 Å². The molecule has 0 aromatic carbocycles. The van der Waals surface area contributed by atoms with Crippen LogP contribution in [0.15, 0.2) is 23.8 Å². The molecule has 3 aliphatic rings. The minimum atomic E-state index is 0.892. The Labute approximate surface area is 99.8 Å². The van der Waals surface area contributed by atoms with E-state index in [1.54, 1.807) is 5.57 Å². The van der Waals surface area contributed by atoms with Crippen molar-refractivity contribution in [2.75, 3.05) is 0 Å². The molecule has 0 aliphatic heterocycles. The van der Waals surface area contributed by atoms with E-state index >= 15 is 0 Å². The smallest absolute Gasteiger partial charge is 0.0165 e. The van der Waals surface area contributed by atoms with Gasteiger partial charge in [0.15, 0.2) is 0 Å². The summed E-state index contributed by atoms with van der Waals surface area (Å²) in [5.74, 6) is 2.86. The van der Waals surface area contributed by atoms with E-state index in [9.17, 15) is 0 Å². The Bertz CT molecular complexity index is 285. The van der Waals surface area contributed by atoms with Gasteiger partial charge in [0.2, 0.25) is 0 Å². The van der Waals surface area contributed by atoms with Gasteiger partial charge < -0.3 is 0 Å². The van der Waals surface area contributed by atoms with Crippen molar-refractivity contribution in [2.24, 2.45) is 17.8 Å². The Morgan fingerprint density at radius 1 is 0.875 bits per heavy atom. The topological polar surface area (TPSA) is 0 Å². The molecule has 0 aromatic rings. The van der Waals surface area contributed by atoms with Gasteiger partial charge in [0.1, 0.15) is 0 Å². The first kappa shape index (κ1) is 10.6. The maximum absolute atomic E-state index is 2.49. The highest BCUT2D eigenvalue weighted by atomic mass is 14.3. The van der Waals surface area contributed by atoms with Gasteiger partial charge in [0.05, 0.1) is 0 Å². The van der Waals surface area contributed by atoms with Crippen LogP contribution in [0.5, 0.6) is 0 Å². The summed E-state index contributed by atoms with van der Waals surface area (Å²) in [5.41, 5.74) is 1.79. The van der Waals surface area contributed by atoms with E-state index in [0.717, 1.165) is 17.8 Å². The summed E-state index contributed by atoms with van der Waals surface area (Å²) < 4.78 is 0. The lowest BCUT2D eigenvalue weighted by Crippen LogP contribution is -2.15. The van der Waals surface area contributed by atoms with E-state index in [1.165, 1.54) is 57.8 Å². The first-order valence-corrected chi connectivity index (χ1v) is 7.31. The minimum Gasteiger partial charge on any atom is -0.0808 e. The predicted octanol–water partition coefficient (Wildman–Crippen LogP) is 4.87. The standard InChI is InChI=1S/C16H24/c1-2-7-13(6-1)15-10-5-11-16(12-15)14-8-3-4-9-14/h5,10-11,13-15H,1-4,6-9,12H2. The Morgan fingerprint density at radius 3 is 2.31 bits per heavy atom. The Balaban J connectivity index is 1.64. The fourth-order valence-corrected chi connectivity index (χ4v) is 4.04. The zero-order valence-electron chi connectivity index (χ0n) is 10.3. The van der Waals surface area contributed by atoms with Crippen molar-refractivity contribution in [3.63, 3.8) is 0 Å². The molecule has 0 radical (unpaired) electrons. The molecule has 0 aromatic heterocycles. The van der Waals surface area contributed by atoms with Crippen LogP contribution in [0.3, 0.4) is 0 Å². The summed E-state index contributed by atoms with van der Waals surface area (Å²) in [4.78, 5) is 0. The largest absolute Gasteiger partial charge is 0.0808 e. The second-order valence-corrected chi connectivity index (χ2v) is 6.02. The number of allylic oxidation sites excluding steroid dienone is 4. The molecule has 2 fully saturated rings. The lowest BCUT2D eigenvalue weighted by Gasteiger charge is -2.26. The van der Waals surface area contributed by atoms with Gasteiger partial charge in [0, 0.05) is 0 Å². The van der Waals surface area contributed by atoms with Crippen LogP contribution in [0.1, 0.15) is 57.8 Å². The van der Waals surface area contributed by atoms with Crippen LogP contribution in [-0.4, -0.2) is 0 Å². The molecule has 16 heavy (non-hydrogen) atoms. The van der Waals surface area contributed by atoms with Crippen molar-refractivity contribution in [1.82, 2.24) is 0 Å². The lowest BCUT2D eigenvalue weighted by atomic mass is 9.79. The Hall–Kier alpha value is -0.520. The van der Waals surface area contributed by atoms with E-state index in [4.69, 9.17) is 0 Å². The van der Waals surface area contributed by atoms with E-state index in [0.29, 0.717) is 0 Å². The van der Waals surface area contributed by atoms with Gasteiger partial charge in [-0.05, 0) is 49.9 Å². The SMILES string of the molecule is C1=CC(C2CCCC2)CC(C2CCCC2)=C1. The van der Waals surface area contributed by atoms with E-state index in [2.05, 4.69) is 18.2 Å². The fourth-order valence-electron chi connectivity index (χ4n) is 4.04.